The van der Waals surface area contributed by atoms with Crippen molar-refractivity contribution in [3.05, 3.63) is 66.3 Å². The second kappa shape index (κ2) is 7.00. The Kier molecular flexibility index (Phi) is 5.04. The van der Waals surface area contributed by atoms with Crippen LogP contribution in [0, 0.1) is 5.41 Å². The molecule has 0 bridgehead atoms. The second-order valence-corrected chi connectivity index (χ2v) is 5.75. The zero-order valence-electron chi connectivity index (χ0n) is 13.1. The van der Waals surface area contributed by atoms with Crippen LogP contribution in [0.3, 0.4) is 0 Å². The van der Waals surface area contributed by atoms with Crippen molar-refractivity contribution in [1.29, 1.82) is 0 Å². The quantitative estimate of drug-likeness (QED) is 0.784. The Morgan fingerprint density at radius 1 is 1.04 bits per heavy atom. The van der Waals surface area contributed by atoms with E-state index in [0.717, 1.165) is 10.8 Å². The van der Waals surface area contributed by atoms with Gasteiger partial charge in [-0.05, 0) is 24.8 Å². The molecule has 24 heavy (non-hydrogen) atoms. The number of aliphatic carboxylic acids is 2. The summed E-state index contributed by atoms with van der Waals surface area (Å²) < 4.78 is 0. The predicted octanol–water partition coefficient (Wildman–Crippen LogP) is 3.59. The van der Waals surface area contributed by atoms with Crippen molar-refractivity contribution in [3.8, 4) is 5.75 Å². The van der Waals surface area contributed by atoms with Gasteiger partial charge in [0.1, 0.15) is 5.75 Å². The van der Waals surface area contributed by atoms with E-state index in [4.69, 9.17) is 10.2 Å². The van der Waals surface area contributed by atoms with Crippen molar-refractivity contribution in [2.45, 2.75) is 13.3 Å². The van der Waals surface area contributed by atoms with Crippen LogP contribution in [0.4, 0.5) is 0 Å². The maximum Gasteiger partial charge on any atom is 0.331 e. The van der Waals surface area contributed by atoms with E-state index in [1.54, 1.807) is 6.07 Å². The molecule has 3 N–H and O–H groups in total. The molecule has 124 valence electrons. The van der Waals surface area contributed by atoms with E-state index >= 15 is 0 Å². The van der Waals surface area contributed by atoms with Crippen molar-refractivity contribution in [3.63, 3.8) is 0 Å². The summed E-state index contributed by atoms with van der Waals surface area (Å²) in [7, 11) is 0. The van der Waals surface area contributed by atoms with Gasteiger partial charge in [0.2, 0.25) is 0 Å². The fraction of sp³-hybridized carbons (Fsp3) is 0.158. The zero-order valence-corrected chi connectivity index (χ0v) is 13.1. The van der Waals surface area contributed by atoms with Crippen LogP contribution in [0.1, 0.15) is 13.3 Å². The van der Waals surface area contributed by atoms with E-state index in [9.17, 15) is 14.7 Å². The molecule has 5 heteroatoms. The number of benzene rings is 2. The number of hydrogen-bond acceptors (Lipinski definition) is 3. The Balaban J connectivity index is 0.000000175. The molecule has 3 rings (SSSR count). The monoisotopic (exact) mass is 326 g/mol. The molecule has 0 amide bonds. The van der Waals surface area contributed by atoms with E-state index < -0.39 is 17.4 Å². The zero-order chi connectivity index (χ0) is 17.7. The molecule has 0 saturated heterocycles. The molecule has 1 aliphatic carbocycles. The lowest BCUT2D eigenvalue weighted by Crippen LogP contribution is -2.28. The Labute approximate surface area is 139 Å². The summed E-state index contributed by atoms with van der Waals surface area (Å²) in [6.07, 6.45) is 4.43. The summed E-state index contributed by atoms with van der Waals surface area (Å²) in [4.78, 5) is 21.3. The van der Waals surface area contributed by atoms with Crippen molar-refractivity contribution >= 4 is 22.7 Å². The number of phenolic OH excluding ortho intramolecular Hbond substituents is 1. The van der Waals surface area contributed by atoms with Gasteiger partial charge in [-0.25, -0.2) is 4.79 Å². The Hall–Kier alpha value is -3.08. The van der Waals surface area contributed by atoms with Gasteiger partial charge in [-0.15, -0.1) is 0 Å². The molecule has 1 aliphatic rings. The highest BCUT2D eigenvalue weighted by atomic mass is 16.4. The number of carbonyl (C=O) groups is 2. The molecule has 0 fully saturated rings. The fourth-order valence-corrected chi connectivity index (χ4v) is 2.39. The van der Waals surface area contributed by atoms with E-state index in [2.05, 4.69) is 0 Å². The van der Waals surface area contributed by atoms with Gasteiger partial charge in [-0.3, -0.25) is 4.79 Å². The molecule has 0 saturated carbocycles. The third-order valence-corrected chi connectivity index (χ3v) is 3.85. The van der Waals surface area contributed by atoms with Crippen LogP contribution in [0.15, 0.2) is 66.3 Å². The lowest BCUT2D eigenvalue weighted by atomic mass is 9.80. The van der Waals surface area contributed by atoms with Gasteiger partial charge in [0.15, 0.2) is 0 Å². The van der Waals surface area contributed by atoms with Crippen molar-refractivity contribution < 1.29 is 24.9 Å². The summed E-state index contributed by atoms with van der Waals surface area (Å²) in [5.41, 5.74) is -0.949. The molecule has 0 aromatic heterocycles. The minimum Gasteiger partial charge on any atom is -0.507 e. The molecule has 2 aromatic carbocycles. The Morgan fingerprint density at radius 3 is 2.33 bits per heavy atom. The second-order valence-electron chi connectivity index (χ2n) is 5.75. The smallest absolute Gasteiger partial charge is 0.331 e. The third-order valence-electron chi connectivity index (χ3n) is 3.85. The summed E-state index contributed by atoms with van der Waals surface area (Å²) >= 11 is 0. The number of allylic oxidation sites excluding steroid dienone is 2. The number of rotatable bonds is 2. The number of phenols is 1. The van der Waals surface area contributed by atoms with E-state index in [-0.39, 0.29) is 12.0 Å². The average molecular weight is 326 g/mol. The van der Waals surface area contributed by atoms with Gasteiger partial charge in [-0.1, -0.05) is 54.6 Å². The Bertz CT molecular complexity index is 829. The maximum absolute atomic E-state index is 10.8. The van der Waals surface area contributed by atoms with Gasteiger partial charge in [0.25, 0.3) is 0 Å². The lowest BCUT2D eigenvalue weighted by Gasteiger charge is -2.23. The predicted molar refractivity (Wildman–Crippen MR) is 90.8 cm³/mol. The largest absolute Gasteiger partial charge is 0.507 e. The van der Waals surface area contributed by atoms with Crippen LogP contribution in [0.25, 0.3) is 10.8 Å². The summed E-state index contributed by atoms with van der Waals surface area (Å²) in [5, 5.41) is 28.8. The highest BCUT2D eigenvalue weighted by molar-refractivity contribution is 5.90. The van der Waals surface area contributed by atoms with Gasteiger partial charge in [0, 0.05) is 11.0 Å². The van der Waals surface area contributed by atoms with Crippen LogP contribution in [-0.4, -0.2) is 27.3 Å². The number of aromatic hydroxyl groups is 1. The van der Waals surface area contributed by atoms with Crippen LogP contribution >= 0.6 is 0 Å². The molecule has 5 nitrogen and oxygen atoms in total. The van der Waals surface area contributed by atoms with Crippen LogP contribution < -0.4 is 0 Å². The van der Waals surface area contributed by atoms with Gasteiger partial charge in [0.05, 0.1) is 5.41 Å². The van der Waals surface area contributed by atoms with E-state index in [1.165, 1.54) is 25.2 Å². The molecule has 0 radical (unpaired) electrons. The molecular formula is C19H18O5. The van der Waals surface area contributed by atoms with Crippen LogP contribution in [0.5, 0.6) is 5.75 Å². The SMILES string of the molecule is CC1(C(=O)O)C=CC=C(C(=O)O)C1.Oc1cccc2ccccc12. The Morgan fingerprint density at radius 2 is 1.71 bits per heavy atom. The standard InChI is InChI=1S/C10H8O.C9H10O4/c11-10-7-3-5-8-4-1-2-6-9(8)10;1-9(8(12)13)4-2-3-6(5-9)7(10)11/h1-7,11H;2-4H,5H2,1H3,(H,10,11)(H,12,13). The molecule has 0 aliphatic heterocycles. The molecule has 2 aromatic rings. The van der Waals surface area contributed by atoms with Gasteiger partial charge < -0.3 is 15.3 Å². The van der Waals surface area contributed by atoms with E-state index in [0.29, 0.717) is 5.75 Å². The third kappa shape index (κ3) is 3.81. The van der Waals surface area contributed by atoms with Crippen molar-refractivity contribution in [1.82, 2.24) is 0 Å². The first-order valence-electron chi connectivity index (χ1n) is 7.35. The first-order chi connectivity index (χ1) is 11.3. The van der Waals surface area contributed by atoms with Crippen molar-refractivity contribution in [2.75, 3.05) is 0 Å². The van der Waals surface area contributed by atoms with Gasteiger partial charge in [-0.2, -0.15) is 0 Å². The topological polar surface area (TPSA) is 94.8 Å². The summed E-state index contributed by atoms with van der Waals surface area (Å²) in [5.74, 6) is -1.71. The summed E-state index contributed by atoms with van der Waals surface area (Å²) in [6.45, 7) is 1.50. The number of carboxylic acid groups (broad SMARTS) is 2. The van der Waals surface area contributed by atoms with Gasteiger partial charge >= 0.3 is 11.9 Å². The average Bonchev–Trinajstić information content (AvgIpc) is 2.56. The maximum atomic E-state index is 10.8. The van der Waals surface area contributed by atoms with Crippen molar-refractivity contribution in [2.24, 2.45) is 5.41 Å². The highest BCUT2D eigenvalue weighted by Crippen LogP contribution is 2.31. The summed E-state index contributed by atoms with van der Waals surface area (Å²) in [6, 6.07) is 13.3. The number of carboxylic acids is 2. The number of hydrogen-bond donors (Lipinski definition) is 3. The molecule has 0 spiro atoms. The lowest BCUT2D eigenvalue weighted by molar-refractivity contribution is -0.145. The molecule has 1 unspecified atom stereocenters. The first-order valence-corrected chi connectivity index (χ1v) is 7.35. The minimum atomic E-state index is -1.08. The fourth-order valence-electron chi connectivity index (χ4n) is 2.39. The van der Waals surface area contributed by atoms with E-state index in [1.807, 2.05) is 36.4 Å². The normalized spacial score (nSPS) is 19.1. The molecule has 1 atom stereocenters. The van der Waals surface area contributed by atoms with Crippen LogP contribution in [-0.2, 0) is 9.59 Å². The number of fused-ring (bicyclic) bond motifs is 1. The molecule has 0 heterocycles. The first kappa shape index (κ1) is 17.3. The van der Waals surface area contributed by atoms with Crippen LogP contribution in [0.2, 0.25) is 0 Å². The molecular weight excluding hydrogens is 308 g/mol. The highest BCUT2D eigenvalue weighted by Gasteiger charge is 2.34. The minimum absolute atomic E-state index is 0.0359.